The molecule has 1 aliphatic heterocycles. The molecule has 7 heteroatoms. The van der Waals surface area contributed by atoms with Crippen molar-refractivity contribution in [2.24, 2.45) is 0 Å². The lowest BCUT2D eigenvalue weighted by Gasteiger charge is -2.35. The lowest BCUT2D eigenvalue weighted by atomic mass is 10.2. The number of H-pyrrole nitrogens is 1. The fraction of sp³-hybridized carbons (Fsp3) is 0.259. The normalized spacial score (nSPS) is 14.4. The summed E-state index contributed by atoms with van der Waals surface area (Å²) >= 11 is 1.54. The standard InChI is InChI=1S/C27H29N5OS/c1-30-15-17-31(18-16-30)24-13-7-5-11-22(24)28-26(33)20-34-27-29-23-12-6-8-14-25(23)32(27)19-21-9-3-2-4-10-21/h2-14H,15-20H2,1H3,(H,28,33)/p+1. The number of para-hydroxylation sites is 4. The summed E-state index contributed by atoms with van der Waals surface area (Å²) in [6, 6.07) is 26.8. The van der Waals surface area contributed by atoms with E-state index in [-0.39, 0.29) is 5.91 Å². The molecule has 0 radical (unpaired) electrons. The van der Waals surface area contributed by atoms with Gasteiger partial charge < -0.3 is 15.1 Å². The zero-order valence-corrected chi connectivity index (χ0v) is 20.2. The Bertz CT molecular complexity index is 1260. The smallest absolute Gasteiger partial charge is 0.317 e. The summed E-state index contributed by atoms with van der Waals surface area (Å²) in [6.45, 7) is 4.74. The van der Waals surface area contributed by atoms with Crippen molar-refractivity contribution in [3.8, 4) is 0 Å². The summed E-state index contributed by atoms with van der Waals surface area (Å²) in [5, 5.41) is 4.13. The van der Waals surface area contributed by atoms with Gasteiger partial charge in [0.25, 0.3) is 0 Å². The van der Waals surface area contributed by atoms with Gasteiger partial charge in [-0.1, -0.05) is 54.6 Å². The number of amides is 1. The first-order valence-corrected chi connectivity index (χ1v) is 12.7. The van der Waals surface area contributed by atoms with E-state index in [4.69, 9.17) is 0 Å². The number of anilines is 2. The van der Waals surface area contributed by atoms with E-state index in [0.717, 1.165) is 60.3 Å². The maximum absolute atomic E-state index is 13.0. The molecular formula is C27H30N5OS+. The van der Waals surface area contributed by atoms with E-state index in [1.54, 1.807) is 0 Å². The van der Waals surface area contributed by atoms with E-state index in [0.29, 0.717) is 5.75 Å². The van der Waals surface area contributed by atoms with Crippen LogP contribution in [0.15, 0.2) is 84.0 Å². The number of fused-ring (bicyclic) bond motifs is 1. The Labute approximate surface area is 204 Å². The number of nitrogens with zero attached hydrogens (tertiary/aromatic N) is 3. The quantitative estimate of drug-likeness (QED) is 0.316. The molecule has 0 atom stereocenters. The Hall–Kier alpha value is -3.29. The van der Waals surface area contributed by atoms with Crippen molar-refractivity contribution in [3.05, 3.63) is 84.4 Å². The Balaban J connectivity index is 1.30. The maximum Gasteiger partial charge on any atom is 0.317 e. The first-order valence-electron chi connectivity index (χ1n) is 11.7. The molecule has 1 saturated heterocycles. The van der Waals surface area contributed by atoms with Crippen molar-refractivity contribution >= 4 is 40.1 Å². The second kappa shape index (κ2) is 10.3. The van der Waals surface area contributed by atoms with Crippen LogP contribution >= 0.6 is 11.8 Å². The molecule has 1 fully saturated rings. The third-order valence-electron chi connectivity index (χ3n) is 6.23. The average molecular weight is 473 g/mol. The van der Waals surface area contributed by atoms with Gasteiger partial charge in [0.05, 0.1) is 17.1 Å². The number of thioether (sulfide) groups is 1. The molecule has 174 valence electrons. The molecule has 5 rings (SSSR count). The number of aromatic amines is 1. The highest BCUT2D eigenvalue weighted by Crippen LogP contribution is 2.27. The molecule has 3 aromatic carbocycles. The topological polar surface area (TPSA) is 55.2 Å². The molecule has 34 heavy (non-hydrogen) atoms. The van der Waals surface area contributed by atoms with Crippen LogP contribution in [0.25, 0.3) is 11.0 Å². The van der Waals surface area contributed by atoms with Crippen molar-refractivity contribution in [3.63, 3.8) is 0 Å². The average Bonchev–Trinajstić information content (AvgIpc) is 3.21. The lowest BCUT2D eigenvalue weighted by molar-refractivity contribution is -0.700. The number of nitrogens with one attached hydrogen (secondary N) is 2. The van der Waals surface area contributed by atoms with Crippen molar-refractivity contribution in [2.45, 2.75) is 11.7 Å². The minimum atomic E-state index is -0.00325. The molecule has 1 aliphatic rings. The van der Waals surface area contributed by atoms with Crippen molar-refractivity contribution in [1.29, 1.82) is 0 Å². The predicted molar refractivity (Wildman–Crippen MR) is 140 cm³/mol. The maximum atomic E-state index is 13.0. The van der Waals surface area contributed by atoms with Crippen molar-refractivity contribution in [2.75, 3.05) is 49.2 Å². The summed E-state index contributed by atoms with van der Waals surface area (Å²) in [4.78, 5) is 21.2. The van der Waals surface area contributed by atoms with Gasteiger partial charge in [0.2, 0.25) is 5.91 Å². The molecule has 2 heterocycles. The molecule has 0 aliphatic carbocycles. The van der Waals surface area contributed by atoms with Gasteiger partial charge >= 0.3 is 5.16 Å². The summed E-state index contributed by atoms with van der Waals surface area (Å²) in [7, 11) is 2.15. The largest absolute Gasteiger partial charge is 0.367 e. The molecule has 2 N–H and O–H groups in total. The lowest BCUT2D eigenvalue weighted by Crippen LogP contribution is -2.44. The highest BCUT2D eigenvalue weighted by molar-refractivity contribution is 7.99. The predicted octanol–water partition coefficient (Wildman–Crippen LogP) is 3.99. The molecule has 1 amide bonds. The van der Waals surface area contributed by atoms with E-state index in [2.05, 4.69) is 74.2 Å². The van der Waals surface area contributed by atoms with Crippen molar-refractivity contribution in [1.82, 2.24) is 9.88 Å². The fourth-order valence-corrected chi connectivity index (χ4v) is 5.21. The number of likely N-dealkylation sites (N-methyl/N-ethyl adjacent to an activating group) is 1. The summed E-state index contributed by atoms with van der Waals surface area (Å²) in [5.41, 5.74) is 5.41. The first-order chi connectivity index (χ1) is 16.7. The highest BCUT2D eigenvalue weighted by atomic mass is 32.2. The van der Waals surface area contributed by atoms with E-state index in [9.17, 15) is 4.79 Å². The van der Waals surface area contributed by atoms with Crippen LogP contribution in [0.4, 0.5) is 11.4 Å². The van der Waals surface area contributed by atoms with Crippen LogP contribution in [0.3, 0.4) is 0 Å². The van der Waals surface area contributed by atoms with E-state index in [1.807, 2.05) is 36.4 Å². The van der Waals surface area contributed by atoms with Crippen LogP contribution in [0.1, 0.15) is 5.56 Å². The molecule has 0 spiro atoms. The van der Waals surface area contributed by atoms with Crippen molar-refractivity contribution < 1.29 is 9.36 Å². The van der Waals surface area contributed by atoms with E-state index in [1.165, 1.54) is 17.3 Å². The van der Waals surface area contributed by atoms with Crippen LogP contribution in [-0.4, -0.2) is 54.8 Å². The molecule has 4 aromatic rings. The number of hydrogen-bond acceptors (Lipinski definition) is 4. The van der Waals surface area contributed by atoms with Crippen LogP contribution in [-0.2, 0) is 11.3 Å². The zero-order chi connectivity index (χ0) is 23.3. The molecule has 0 bridgehead atoms. The number of carbonyl (C=O) groups is 1. The monoisotopic (exact) mass is 472 g/mol. The van der Waals surface area contributed by atoms with Gasteiger partial charge in [0.1, 0.15) is 6.54 Å². The number of carbonyl (C=O) groups excluding carboxylic acids is 1. The summed E-state index contributed by atoms with van der Waals surface area (Å²) in [6.07, 6.45) is 0. The first kappa shape index (κ1) is 22.5. The molecule has 0 saturated carbocycles. The Kier molecular flexibility index (Phi) is 6.83. The zero-order valence-electron chi connectivity index (χ0n) is 19.4. The number of rotatable bonds is 7. The third kappa shape index (κ3) is 5.11. The Morgan fingerprint density at radius 3 is 2.47 bits per heavy atom. The molecule has 0 unspecified atom stereocenters. The summed E-state index contributed by atoms with van der Waals surface area (Å²) < 4.78 is 2.25. The second-order valence-corrected chi connectivity index (χ2v) is 9.63. The third-order valence-corrected chi connectivity index (χ3v) is 7.23. The van der Waals surface area contributed by atoms with Gasteiger partial charge in [-0.05, 0) is 48.6 Å². The molecular weight excluding hydrogens is 442 g/mol. The van der Waals surface area contributed by atoms with E-state index < -0.39 is 0 Å². The van der Waals surface area contributed by atoms with Crippen LogP contribution < -0.4 is 14.8 Å². The van der Waals surface area contributed by atoms with Gasteiger partial charge in [0.15, 0.2) is 11.0 Å². The molecule has 6 nitrogen and oxygen atoms in total. The number of benzene rings is 3. The second-order valence-electron chi connectivity index (χ2n) is 8.66. The minimum absolute atomic E-state index is 0.00325. The Morgan fingerprint density at radius 2 is 1.65 bits per heavy atom. The number of imidazole rings is 1. The van der Waals surface area contributed by atoms with Gasteiger partial charge in [-0.2, -0.15) is 0 Å². The Morgan fingerprint density at radius 1 is 0.941 bits per heavy atom. The minimum Gasteiger partial charge on any atom is -0.367 e. The van der Waals surface area contributed by atoms with Crippen LogP contribution in [0.5, 0.6) is 0 Å². The van der Waals surface area contributed by atoms with Crippen LogP contribution in [0, 0.1) is 0 Å². The van der Waals surface area contributed by atoms with Gasteiger partial charge in [-0.15, -0.1) is 0 Å². The van der Waals surface area contributed by atoms with Crippen LogP contribution in [0.2, 0.25) is 0 Å². The highest BCUT2D eigenvalue weighted by Gasteiger charge is 2.21. The summed E-state index contributed by atoms with van der Waals surface area (Å²) in [5.74, 6) is 0.329. The number of aromatic nitrogens is 2. The van der Waals surface area contributed by atoms with Gasteiger partial charge in [0, 0.05) is 26.2 Å². The molecule has 1 aromatic heterocycles. The van der Waals surface area contributed by atoms with Gasteiger partial charge in [-0.25, -0.2) is 9.55 Å². The van der Waals surface area contributed by atoms with E-state index >= 15 is 0 Å². The van der Waals surface area contributed by atoms with Gasteiger partial charge in [-0.3, -0.25) is 4.79 Å². The fourth-order valence-electron chi connectivity index (χ4n) is 4.37. The number of piperazine rings is 1. The number of hydrogen-bond donors (Lipinski definition) is 2. The SMILES string of the molecule is CN1CCN(c2ccccc2NC(=O)CSc2[nH]c3ccccc3[n+]2Cc2ccccc2)CC1.